The van der Waals surface area contributed by atoms with Crippen LogP contribution in [0.3, 0.4) is 0 Å². The van der Waals surface area contributed by atoms with Crippen LogP contribution < -0.4 is 24.8 Å². The summed E-state index contributed by atoms with van der Waals surface area (Å²) in [5, 5.41) is 6.31. The molecule has 2 aromatic rings. The van der Waals surface area contributed by atoms with Crippen molar-refractivity contribution in [3.8, 4) is 17.4 Å². The number of guanidine groups is 1. The third-order valence-electron chi connectivity index (χ3n) is 3.96. The van der Waals surface area contributed by atoms with Gasteiger partial charge in [0.15, 0.2) is 24.1 Å². The molecule has 0 saturated carbocycles. The molecule has 2 N–H and O–H groups in total. The maximum absolute atomic E-state index is 12.3. The Morgan fingerprint density at radius 3 is 2.68 bits per heavy atom. The number of ether oxygens (including phenoxy) is 3. The van der Waals surface area contributed by atoms with Gasteiger partial charge >= 0.3 is 6.18 Å². The van der Waals surface area contributed by atoms with Crippen LogP contribution in [0.2, 0.25) is 0 Å². The Morgan fingerprint density at radius 1 is 1.16 bits per heavy atom. The minimum atomic E-state index is -4.42. The number of hydrogen-bond acceptors (Lipinski definition) is 5. The minimum absolute atomic E-state index is 0. The standard InChI is InChI=1S/C20H23F3N4O3.HI/c1-2-24-19(27-15-4-5-16-17(11-15)29-9-3-8-28-16)26-12-14-6-7-25-18(10-14)30-13-20(21,22)23;/h4-7,10-11H,2-3,8-9,12-13H2,1H3,(H2,24,26,27);1H. The molecule has 0 atom stereocenters. The van der Waals surface area contributed by atoms with Crippen molar-refractivity contribution in [3.05, 3.63) is 42.1 Å². The molecule has 0 saturated heterocycles. The predicted molar refractivity (Wildman–Crippen MR) is 122 cm³/mol. The highest BCUT2D eigenvalue weighted by atomic mass is 127. The lowest BCUT2D eigenvalue weighted by atomic mass is 10.2. The molecular weight excluding hydrogens is 528 g/mol. The molecule has 1 aromatic heterocycles. The van der Waals surface area contributed by atoms with Crippen LogP contribution in [0.4, 0.5) is 18.9 Å². The summed E-state index contributed by atoms with van der Waals surface area (Å²) in [7, 11) is 0. The highest BCUT2D eigenvalue weighted by molar-refractivity contribution is 14.0. The number of pyridine rings is 1. The van der Waals surface area contributed by atoms with Gasteiger partial charge in [0.1, 0.15) is 0 Å². The first-order valence-corrected chi connectivity index (χ1v) is 9.52. The van der Waals surface area contributed by atoms with Gasteiger partial charge in [-0.2, -0.15) is 13.2 Å². The smallest absolute Gasteiger partial charge is 0.422 e. The van der Waals surface area contributed by atoms with Gasteiger partial charge in [0, 0.05) is 37.0 Å². The van der Waals surface area contributed by atoms with E-state index >= 15 is 0 Å². The number of aliphatic imine (C=N–C) groups is 1. The van der Waals surface area contributed by atoms with Crippen LogP contribution in [0.25, 0.3) is 0 Å². The Balaban J connectivity index is 0.00000341. The number of nitrogens with zero attached hydrogens (tertiary/aromatic N) is 2. The van der Waals surface area contributed by atoms with Crippen molar-refractivity contribution in [1.82, 2.24) is 10.3 Å². The van der Waals surface area contributed by atoms with Gasteiger partial charge in [-0.3, -0.25) is 0 Å². The van der Waals surface area contributed by atoms with Gasteiger partial charge in [-0.25, -0.2) is 9.98 Å². The molecular formula is C20H24F3IN4O3. The molecule has 0 bridgehead atoms. The molecule has 11 heteroatoms. The quantitative estimate of drug-likeness (QED) is 0.315. The zero-order valence-electron chi connectivity index (χ0n) is 16.9. The Hall–Kier alpha value is -2.44. The number of aromatic nitrogens is 1. The van der Waals surface area contributed by atoms with Crippen LogP contribution in [0.5, 0.6) is 17.4 Å². The SMILES string of the molecule is CCNC(=NCc1ccnc(OCC(F)(F)F)c1)Nc1ccc2c(c1)OCCCO2.I. The van der Waals surface area contributed by atoms with Crippen LogP contribution in [0.15, 0.2) is 41.5 Å². The number of fused-ring (bicyclic) bond motifs is 1. The Labute approximate surface area is 195 Å². The molecule has 1 aliphatic rings. The van der Waals surface area contributed by atoms with E-state index in [4.69, 9.17) is 9.47 Å². The molecule has 0 unspecified atom stereocenters. The third kappa shape index (κ3) is 8.31. The van der Waals surface area contributed by atoms with E-state index in [0.29, 0.717) is 42.8 Å². The Kier molecular flexibility index (Phi) is 9.46. The molecule has 0 fully saturated rings. The van der Waals surface area contributed by atoms with Gasteiger partial charge in [0.25, 0.3) is 0 Å². The largest absolute Gasteiger partial charge is 0.490 e. The summed E-state index contributed by atoms with van der Waals surface area (Å²) >= 11 is 0. The number of hydrogen-bond donors (Lipinski definition) is 2. The molecule has 0 aliphatic carbocycles. The maximum atomic E-state index is 12.3. The second-order valence-electron chi connectivity index (χ2n) is 6.44. The topological polar surface area (TPSA) is 77.0 Å². The average molecular weight is 552 g/mol. The van der Waals surface area contributed by atoms with Crippen LogP contribution in [-0.4, -0.2) is 43.5 Å². The molecule has 2 heterocycles. The van der Waals surface area contributed by atoms with E-state index in [0.717, 1.165) is 12.1 Å². The van der Waals surface area contributed by atoms with E-state index < -0.39 is 12.8 Å². The van der Waals surface area contributed by atoms with Gasteiger partial charge in [0.05, 0.1) is 19.8 Å². The van der Waals surface area contributed by atoms with Crippen molar-refractivity contribution in [2.45, 2.75) is 26.1 Å². The van der Waals surface area contributed by atoms with E-state index in [1.54, 1.807) is 6.07 Å². The van der Waals surface area contributed by atoms with Crippen molar-refractivity contribution >= 4 is 35.6 Å². The van der Waals surface area contributed by atoms with Crippen LogP contribution in [0, 0.1) is 0 Å². The summed E-state index contributed by atoms with van der Waals surface area (Å²) in [5.74, 6) is 1.78. The Morgan fingerprint density at radius 2 is 1.94 bits per heavy atom. The fourth-order valence-electron chi connectivity index (χ4n) is 2.64. The van der Waals surface area contributed by atoms with E-state index in [2.05, 4.69) is 25.3 Å². The maximum Gasteiger partial charge on any atom is 0.422 e. The molecule has 170 valence electrons. The van der Waals surface area contributed by atoms with Crippen LogP contribution >= 0.6 is 24.0 Å². The fourth-order valence-corrected chi connectivity index (χ4v) is 2.64. The Bertz CT molecular complexity index is 881. The van der Waals surface area contributed by atoms with Crippen molar-refractivity contribution in [1.29, 1.82) is 0 Å². The lowest BCUT2D eigenvalue weighted by Crippen LogP contribution is -2.30. The number of alkyl halides is 3. The zero-order chi connectivity index (χ0) is 21.4. The molecule has 31 heavy (non-hydrogen) atoms. The van der Waals surface area contributed by atoms with Crippen LogP contribution in [-0.2, 0) is 6.54 Å². The van der Waals surface area contributed by atoms with E-state index in [9.17, 15) is 13.2 Å². The van der Waals surface area contributed by atoms with Gasteiger partial charge in [-0.15, -0.1) is 24.0 Å². The average Bonchev–Trinajstić information content (AvgIpc) is 2.95. The summed E-state index contributed by atoms with van der Waals surface area (Å²) in [6.07, 6.45) is -2.20. The zero-order valence-corrected chi connectivity index (χ0v) is 19.2. The first-order chi connectivity index (χ1) is 14.4. The number of benzene rings is 1. The molecule has 1 aromatic carbocycles. The van der Waals surface area contributed by atoms with Gasteiger partial charge in [-0.05, 0) is 30.7 Å². The molecule has 0 spiro atoms. The third-order valence-corrected chi connectivity index (χ3v) is 3.96. The second-order valence-corrected chi connectivity index (χ2v) is 6.44. The minimum Gasteiger partial charge on any atom is -0.490 e. The summed E-state index contributed by atoms with van der Waals surface area (Å²) in [4.78, 5) is 8.27. The fraction of sp³-hybridized carbons (Fsp3) is 0.400. The van der Waals surface area contributed by atoms with Crippen molar-refractivity contribution in [3.63, 3.8) is 0 Å². The van der Waals surface area contributed by atoms with Gasteiger partial charge < -0.3 is 24.8 Å². The van der Waals surface area contributed by atoms with Gasteiger partial charge in [0.2, 0.25) is 5.88 Å². The summed E-state index contributed by atoms with van der Waals surface area (Å²) in [6, 6.07) is 8.63. The van der Waals surface area contributed by atoms with Crippen molar-refractivity contribution < 1.29 is 27.4 Å². The van der Waals surface area contributed by atoms with Crippen molar-refractivity contribution in [2.24, 2.45) is 4.99 Å². The van der Waals surface area contributed by atoms with Crippen LogP contribution in [0.1, 0.15) is 18.9 Å². The lowest BCUT2D eigenvalue weighted by molar-refractivity contribution is -0.154. The first-order valence-electron chi connectivity index (χ1n) is 9.52. The van der Waals surface area contributed by atoms with E-state index in [1.807, 2.05) is 25.1 Å². The number of halogens is 4. The predicted octanol–water partition coefficient (Wildman–Crippen LogP) is 4.38. The number of rotatable bonds is 6. The monoisotopic (exact) mass is 552 g/mol. The number of nitrogens with one attached hydrogen (secondary N) is 2. The molecule has 0 amide bonds. The molecule has 3 rings (SSSR count). The van der Waals surface area contributed by atoms with Gasteiger partial charge in [-0.1, -0.05) is 0 Å². The number of anilines is 1. The second kappa shape index (κ2) is 11.8. The lowest BCUT2D eigenvalue weighted by Gasteiger charge is -2.14. The van der Waals surface area contributed by atoms with Crippen molar-refractivity contribution in [2.75, 3.05) is 31.7 Å². The molecule has 1 aliphatic heterocycles. The molecule has 7 nitrogen and oxygen atoms in total. The first kappa shape index (κ1) is 24.8. The highest BCUT2D eigenvalue weighted by Crippen LogP contribution is 2.32. The summed E-state index contributed by atoms with van der Waals surface area (Å²) in [5.41, 5.74) is 1.43. The molecule has 0 radical (unpaired) electrons. The highest BCUT2D eigenvalue weighted by Gasteiger charge is 2.28. The van der Waals surface area contributed by atoms with E-state index in [1.165, 1.54) is 12.3 Å². The summed E-state index contributed by atoms with van der Waals surface area (Å²) in [6.45, 7) is 2.61. The summed E-state index contributed by atoms with van der Waals surface area (Å²) < 4.78 is 52.9. The normalized spacial score (nSPS) is 13.6. The van der Waals surface area contributed by atoms with E-state index in [-0.39, 0.29) is 36.4 Å².